The van der Waals surface area contributed by atoms with Crippen molar-refractivity contribution in [2.24, 2.45) is 28.6 Å². The normalized spacial score (nSPS) is 30.8. The average molecular weight is 758 g/mol. The SMILES string of the molecule is C=C[C@H]1C[C@]1(CC(=O)[C@@H]1C[C@@H]2CN1C(=O)[C@H](C1CCCC1)CC(=O)OCC1(C/C=C/c3ccc4ccnc(c4c3)O2)CCCC1)C(=O)NS(=O)(=O)C1CC1. The first-order valence-electron chi connectivity index (χ1n) is 19.9. The average Bonchev–Trinajstić information content (AvgIpc) is 3.93. The molecular formula is C42H51N3O8S. The first kappa shape index (κ1) is 36.9. The van der Waals surface area contributed by atoms with Gasteiger partial charge >= 0.3 is 5.97 Å². The van der Waals surface area contributed by atoms with Crippen LogP contribution < -0.4 is 9.46 Å². The van der Waals surface area contributed by atoms with E-state index in [4.69, 9.17) is 9.47 Å². The van der Waals surface area contributed by atoms with Crippen molar-refractivity contribution in [2.75, 3.05) is 13.2 Å². The molecule has 12 heteroatoms. The number of hydrogen-bond donors (Lipinski definition) is 1. The summed E-state index contributed by atoms with van der Waals surface area (Å²) in [7, 11) is -3.83. The molecule has 4 bridgehead atoms. The number of nitrogens with zero attached hydrogens (tertiary/aromatic N) is 2. The Morgan fingerprint density at radius 2 is 1.83 bits per heavy atom. The lowest BCUT2D eigenvalue weighted by Gasteiger charge is -2.32. The number of nitrogens with one attached hydrogen (secondary N) is 1. The van der Waals surface area contributed by atoms with Crippen LogP contribution in [0.5, 0.6) is 5.88 Å². The van der Waals surface area contributed by atoms with Crippen LogP contribution in [0.2, 0.25) is 0 Å². The summed E-state index contributed by atoms with van der Waals surface area (Å²) in [6.45, 7) is 4.26. The summed E-state index contributed by atoms with van der Waals surface area (Å²) in [6, 6.07) is 7.10. The summed E-state index contributed by atoms with van der Waals surface area (Å²) in [5, 5.41) is 1.18. The van der Waals surface area contributed by atoms with E-state index in [-0.39, 0.29) is 54.7 Å². The molecule has 5 atom stereocenters. The molecule has 1 aromatic heterocycles. The van der Waals surface area contributed by atoms with Crippen LogP contribution in [-0.2, 0) is 33.9 Å². The summed E-state index contributed by atoms with van der Waals surface area (Å²) in [6.07, 6.45) is 16.5. The molecule has 1 saturated heterocycles. The van der Waals surface area contributed by atoms with Crippen LogP contribution in [0, 0.1) is 28.6 Å². The molecule has 2 aromatic rings. The van der Waals surface area contributed by atoms with Crippen LogP contribution in [0.25, 0.3) is 16.8 Å². The predicted octanol–water partition coefficient (Wildman–Crippen LogP) is 6.06. The Morgan fingerprint density at radius 3 is 2.56 bits per heavy atom. The van der Waals surface area contributed by atoms with Gasteiger partial charge in [0.15, 0.2) is 5.78 Å². The Labute approximate surface area is 317 Å². The van der Waals surface area contributed by atoms with Gasteiger partial charge < -0.3 is 14.4 Å². The molecule has 2 aliphatic heterocycles. The van der Waals surface area contributed by atoms with Crippen LogP contribution in [0.1, 0.15) is 102 Å². The number of allylic oxidation sites excluding steroid dienone is 2. The Morgan fingerprint density at radius 1 is 1.06 bits per heavy atom. The van der Waals surface area contributed by atoms with Crippen LogP contribution in [0.4, 0.5) is 0 Å². The Hall–Kier alpha value is -4.06. The molecule has 1 spiro atoms. The maximum atomic E-state index is 14.8. The number of aromatic nitrogens is 1. The minimum absolute atomic E-state index is 0.0220. The molecule has 8 rings (SSSR count). The van der Waals surface area contributed by atoms with Gasteiger partial charge in [0.25, 0.3) is 0 Å². The van der Waals surface area contributed by atoms with Gasteiger partial charge in [-0.1, -0.05) is 56.0 Å². The van der Waals surface area contributed by atoms with Crippen molar-refractivity contribution in [2.45, 2.75) is 114 Å². The summed E-state index contributed by atoms with van der Waals surface area (Å²) in [4.78, 5) is 62.8. The molecule has 0 radical (unpaired) electrons. The first-order chi connectivity index (χ1) is 26.0. The number of cyclic esters (lactones) is 1. The van der Waals surface area contributed by atoms with Gasteiger partial charge in [0, 0.05) is 29.8 Å². The van der Waals surface area contributed by atoms with Crippen molar-refractivity contribution >= 4 is 50.4 Å². The molecule has 6 aliphatic rings. The number of Topliss-reactive ketones (excluding diaryl/α,β-unsaturated/α-hetero) is 1. The van der Waals surface area contributed by atoms with E-state index in [2.05, 4.69) is 28.4 Å². The van der Waals surface area contributed by atoms with Gasteiger partial charge in [-0.15, -0.1) is 6.58 Å². The standard InChI is InChI=1S/C42H51N3O8S/c1-2-30-23-42(30,40(49)44-54(50,51)32-13-14-32)24-36(46)35-21-31-25-45(35)39(48)34(28-9-3-4-10-28)22-37(47)52-26-41(16-5-6-17-41)18-7-8-27-11-12-29-15-19-43-38(53-31)33(29)20-27/h2,7-8,11-12,15,19-20,28,30-32,34-35H,1,3-6,9-10,13-14,16-18,21-26H2,(H,44,49)/b8-7+/t30-,31+,34-,35-,42+/m0/s1. The molecular weight excluding hydrogens is 707 g/mol. The minimum atomic E-state index is -3.83. The van der Waals surface area contributed by atoms with Gasteiger partial charge in [0.05, 0.1) is 42.2 Å². The van der Waals surface area contributed by atoms with Crippen LogP contribution in [0.15, 0.2) is 49.2 Å². The molecule has 288 valence electrons. The number of carbonyl (C=O) groups is 4. The summed E-state index contributed by atoms with van der Waals surface area (Å²) in [5.74, 6) is -2.34. The highest BCUT2D eigenvalue weighted by Crippen LogP contribution is 2.57. The zero-order valence-corrected chi connectivity index (χ0v) is 31.7. The fourth-order valence-electron chi connectivity index (χ4n) is 9.73. The largest absolute Gasteiger partial charge is 0.472 e. The summed E-state index contributed by atoms with van der Waals surface area (Å²) in [5.41, 5.74) is -0.425. The molecule has 1 aromatic carbocycles. The van der Waals surface area contributed by atoms with Crippen molar-refractivity contribution in [3.05, 3.63) is 54.8 Å². The van der Waals surface area contributed by atoms with Crippen molar-refractivity contribution in [1.82, 2.24) is 14.6 Å². The van der Waals surface area contributed by atoms with E-state index in [1.807, 2.05) is 24.3 Å². The van der Waals surface area contributed by atoms with Crippen molar-refractivity contribution in [3.8, 4) is 5.88 Å². The number of rotatable bonds is 8. The zero-order valence-electron chi connectivity index (χ0n) is 30.9. The van der Waals surface area contributed by atoms with Gasteiger partial charge in [-0.3, -0.25) is 23.9 Å². The van der Waals surface area contributed by atoms with E-state index in [0.29, 0.717) is 31.7 Å². The third-order valence-electron chi connectivity index (χ3n) is 13.2. The number of benzene rings is 1. The van der Waals surface area contributed by atoms with Crippen molar-refractivity contribution < 1.29 is 37.1 Å². The zero-order chi connectivity index (χ0) is 37.7. The number of carbonyl (C=O) groups excluding carboxylic acids is 4. The molecule has 1 N–H and O–H groups in total. The number of fused-ring (bicyclic) bond motifs is 3. The molecule has 2 amide bonds. The molecule has 54 heavy (non-hydrogen) atoms. The van der Waals surface area contributed by atoms with E-state index in [0.717, 1.165) is 74.1 Å². The van der Waals surface area contributed by atoms with Gasteiger partial charge in [-0.2, -0.15) is 0 Å². The van der Waals surface area contributed by atoms with E-state index >= 15 is 0 Å². The lowest BCUT2D eigenvalue weighted by atomic mass is 9.83. The summed E-state index contributed by atoms with van der Waals surface area (Å²) >= 11 is 0. The lowest BCUT2D eigenvalue weighted by molar-refractivity contribution is -0.154. The highest BCUT2D eigenvalue weighted by molar-refractivity contribution is 7.90. The molecule has 3 heterocycles. The molecule has 0 unspecified atom stereocenters. The second-order valence-corrected chi connectivity index (χ2v) is 18.9. The number of esters is 1. The number of ether oxygens (including phenoxy) is 2. The Balaban J connectivity index is 1.13. The second-order valence-electron chi connectivity index (χ2n) is 16.9. The fourth-order valence-corrected chi connectivity index (χ4v) is 11.1. The van der Waals surface area contributed by atoms with Crippen LogP contribution in [-0.4, -0.2) is 72.4 Å². The summed E-state index contributed by atoms with van der Waals surface area (Å²) < 4.78 is 40.4. The van der Waals surface area contributed by atoms with Gasteiger partial charge in [-0.05, 0) is 86.3 Å². The number of sulfonamides is 1. The third kappa shape index (κ3) is 7.34. The van der Waals surface area contributed by atoms with Crippen LogP contribution in [0.3, 0.4) is 0 Å². The minimum Gasteiger partial charge on any atom is -0.472 e. The Bertz CT molecular complexity index is 1980. The molecule has 4 aliphatic carbocycles. The number of ketones is 1. The van der Waals surface area contributed by atoms with Crippen LogP contribution >= 0.6 is 0 Å². The van der Waals surface area contributed by atoms with E-state index in [1.165, 1.54) is 0 Å². The van der Waals surface area contributed by atoms with Gasteiger partial charge in [-0.25, -0.2) is 13.4 Å². The number of pyridine rings is 1. The topological polar surface area (TPSA) is 149 Å². The van der Waals surface area contributed by atoms with Gasteiger partial charge in [0.2, 0.25) is 27.7 Å². The van der Waals surface area contributed by atoms with E-state index in [9.17, 15) is 27.6 Å². The highest BCUT2D eigenvalue weighted by Gasteiger charge is 2.61. The smallest absolute Gasteiger partial charge is 0.306 e. The Kier molecular flexibility index (Phi) is 9.94. The van der Waals surface area contributed by atoms with E-state index < -0.39 is 50.6 Å². The third-order valence-corrected chi connectivity index (χ3v) is 15.1. The second kappa shape index (κ2) is 14.5. The molecule has 4 saturated carbocycles. The molecule has 11 nitrogen and oxygen atoms in total. The van der Waals surface area contributed by atoms with Crippen molar-refractivity contribution in [1.29, 1.82) is 0 Å². The maximum Gasteiger partial charge on any atom is 0.306 e. The monoisotopic (exact) mass is 757 g/mol. The lowest BCUT2D eigenvalue weighted by Crippen LogP contribution is -2.47. The van der Waals surface area contributed by atoms with Gasteiger partial charge in [0.1, 0.15) is 6.10 Å². The predicted molar refractivity (Wildman–Crippen MR) is 202 cm³/mol. The number of amides is 2. The first-order valence-corrected chi connectivity index (χ1v) is 21.4. The maximum absolute atomic E-state index is 14.8. The molecule has 5 fully saturated rings. The van der Waals surface area contributed by atoms with Crippen molar-refractivity contribution in [3.63, 3.8) is 0 Å². The fraction of sp³-hybridized carbons (Fsp3) is 0.595. The number of hydrogen-bond acceptors (Lipinski definition) is 9. The van der Waals surface area contributed by atoms with E-state index in [1.54, 1.807) is 17.2 Å². The highest BCUT2D eigenvalue weighted by atomic mass is 32.2. The quantitative estimate of drug-likeness (QED) is 0.251.